The van der Waals surface area contributed by atoms with Crippen LogP contribution in [0.5, 0.6) is 5.75 Å². The van der Waals surface area contributed by atoms with Gasteiger partial charge in [0.05, 0.1) is 12.8 Å². The first kappa shape index (κ1) is 18.0. The third kappa shape index (κ3) is 6.16. The molecule has 5 heteroatoms. The molecule has 122 valence electrons. The van der Waals surface area contributed by atoms with Crippen LogP contribution in [0.1, 0.15) is 33.6 Å². The maximum absolute atomic E-state index is 12.0. The zero-order valence-corrected chi connectivity index (χ0v) is 13.9. The van der Waals surface area contributed by atoms with E-state index >= 15 is 0 Å². The number of para-hydroxylation sites is 2. The Bertz CT molecular complexity index is 500. The number of amides is 2. The number of hydrogen-bond acceptors (Lipinski definition) is 3. The van der Waals surface area contributed by atoms with Gasteiger partial charge in [0.1, 0.15) is 5.75 Å². The van der Waals surface area contributed by atoms with Crippen LogP contribution in [-0.4, -0.2) is 36.9 Å². The van der Waals surface area contributed by atoms with E-state index < -0.39 is 0 Å². The van der Waals surface area contributed by atoms with Crippen LogP contribution >= 0.6 is 0 Å². The summed E-state index contributed by atoms with van der Waals surface area (Å²) in [4.78, 5) is 25.4. The number of rotatable bonds is 8. The van der Waals surface area contributed by atoms with Gasteiger partial charge >= 0.3 is 0 Å². The van der Waals surface area contributed by atoms with Crippen LogP contribution in [0.4, 0.5) is 5.69 Å². The zero-order valence-electron chi connectivity index (χ0n) is 13.9. The lowest BCUT2D eigenvalue weighted by atomic mass is 10.1. The number of nitrogens with zero attached hydrogens (tertiary/aromatic N) is 1. The van der Waals surface area contributed by atoms with Crippen molar-refractivity contribution in [3.8, 4) is 5.75 Å². The van der Waals surface area contributed by atoms with E-state index in [1.807, 2.05) is 12.1 Å². The molecular formula is C17H26N2O3. The van der Waals surface area contributed by atoms with Gasteiger partial charge in [-0.15, -0.1) is 0 Å². The van der Waals surface area contributed by atoms with Crippen LogP contribution < -0.4 is 10.1 Å². The first-order valence-electron chi connectivity index (χ1n) is 7.62. The Hall–Kier alpha value is -2.04. The fraction of sp³-hybridized carbons (Fsp3) is 0.529. The lowest BCUT2D eigenvalue weighted by molar-refractivity contribution is -0.129. The number of anilines is 1. The third-order valence-electron chi connectivity index (χ3n) is 3.41. The number of methoxy groups -OCH3 is 1. The lowest BCUT2D eigenvalue weighted by Gasteiger charge is -2.21. The maximum Gasteiger partial charge on any atom is 0.226 e. The Morgan fingerprint density at radius 2 is 1.91 bits per heavy atom. The Morgan fingerprint density at radius 3 is 2.50 bits per heavy atom. The highest BCUT2D eigenvalue weighted by atomic mass is 16.5. The molecule has 0 saturated heterocycles. The molecule has 1 aromatic carbocycles. The first-order valence-corrected chi connectivity index (χ1v) is 7.62. The van der Waals surface area contributed by atoms with Crippen molar-refractivity contribution in [1.29, 1.82) is 0 Å². The van der Waals surface area contributed by atoms with Crippen molar-refractivity contribution in [3.05, 3.63) is 24.3 Å². The van der Waals surface area contributed by atoms with Crippen molar-refractivity contribution in [2.75, 3.05) is 25.5 Å². The molecule has 0 aromatic heterocycles. The highest BCUT2D eigenvalue weighted by molar-refractivity contribution is 5.92. The quantitative estimate of drug-likeness (QED) is 0.803. The summed E-state index contributed by atoms with van der Waals surface area (Å²) in [7, 11) is 1.56. The summed E-state index contributed by atoms with van der Waals surface area (Å²) in [6.07, 6.45) is 1.21. The fourth-order valence-corrected chi connectivity index (χ4v) is 2.04. The summed E-state index contributed by atoms with van der Waals surface area (Å²) in [6.45, 7) is 6.90. The molecule has 0 unspecified atom stereocenters. The van der Waals surface area contributed by atoms with Gasteiger partial charge in [-0.1, -0.05) is 26.0 Å². The second-order valence-electron chi connectivity index (χ2n) is 5.69. The summed E-state index contributed by atoms with van der Waals surface area (Å²) >= 11 is 0. The van der Waals surface area contributed by atoms with Crippen LogP contribution in [0, 0.1) is 5.92 Å². The molecule has 0 aliphatic rings. The monoisotopic (exact) mass is 306 g/mol. The molecule has 0 aliphatic heterocycles. The van der Waals surface area contributed by atoms with Crippen molar-refractivity contribution in [2.45, 2.75) is 33.6 Å². The number of nitrogens with one attached hydrogen (secondary N) is 1. The molecule has 0 saturated carbocycles. The van der Waals surface area contributed by atoms with Crippen molar-refractivity contribution >= 4 is 17.5 Å². The van der Waals surface area contributed by atoms with E-state index in [0.717, 1.165) is 6.42 Å². The second-order valence-corrected chi connectivity index (χ2v) is 5.69. The molecule has 0 atom stereocenters. The van der Waals surface area contributed by atoms with Crippen LogP contribution in [0.2, 0.25) is 0 Å². The predicted molar refractivity (Wildman–Crippen MR) is 87.9 cm³/mol. The van der Waals surface area contributed by atoms with Crippen LogP contribution in [0.25, 0.3) is 0 Å². The average Bonchev–Trinajstić information content (AvgIpc) is 2.47. The minimum Gasteiger partial charge on any atom is -0.495 e. The molecule has 0 bridgehead atoms. The van der Waals surface area contributed by atoms with Crippen LogP contribution in [0.3, 0.4) is 0 Å². The molecule has 5 nitrogen and oxygen atoms in total. The molecule has 0 fully saturated rings. The van der Waals surface area contributed by atoms with Gasteiger partial charge < -0.3 is 15.0 Å². The van der Waals surface area contributed by atoms with E-state index in [-0.39, 0.29) is 18.2 Å². The van der Waals surface area contributed by atoms with Crippen molar-refractivity contribution < 1.29 is 14.3 Å². The van der Waals surface area contributed by atoms with E-state index in [2.05, 4.69) is 19.2 Å². The first-order chi connectivity index (χ1) is 10.4. The molecule has 0 radical (unpaired) electrons. The summed E-state index contributed by atoms with van der Waals surface area (Å²) < 4.78 is 5.20. The van der Waals surface area contributed by atoms with Crippen LogP contribution in [-0.2, 0) is 9.59 Å². The Kier molecular flexibility index (Phi) is 7.43. The average molecular weight is 306 g/mol. The van der Waals surface area contributed by atoms with E-state index in [4.69, 9.17) is 4.74 Å². The second kappa shape index (κ2) is 9.07. The van der Waals surface area contributed by atoms with Gasteiger partial charge in [-0.3, -0.25) is 9.59 Å². The van der Waals surface area contributed by atoms with E-state index in [1.54, 1.807) is 31.1 Å². The smallest absolute Gasteiger partial charge is 0.226 e. The largest absolute Gasteiger partial charge is 0.495 e. The molecule has 0 aliphatic carbocycles. The Balaban J connectivity index is 2.51. The summed E-state index contributed by atoms with van der Waals surface area (Å²) in [6, 6.07) is 7.26. The number of hydrogen-bond donors (Lipinski definition) is 1. The summed E-state index contributed by atoms with van der Waals surface area (Å²) in [5, 5.41) is 2.82. The zero-order chi connectivity index (χ0) is 16.5. The minimum atomic E-state index is -0.125. The molecule has 22 heavy (non-hydrogen) atoms. The molecule has 0 heterocycles. The topological polar surface area (TPSA) is 58.6 Å². The Labute approximate surface area is 132 Å². The highest BCUT2D eigenvalue weighted by Gasteiger charge is 2.13. The maximum atomic E-state index is 12.0. The van der Waals surface area contributed by atoms with Crippen LogP contribution in [0.15, 0.2) is 24.3 Å². The van der Waals surface area contributed by atoms with E-state index in [1.165, 1.54) is 0 Å². The molecule has 0 spiro atoms. The normalized spacial score (nSPS) is 10.4. The number of benzene rings is 1. The van der Waals surface area contributed by atoms with Gasteiger partial charge in [-0.05, 0) is 24.5 Å². The van der Waals surface area contributed by atoms with Crippen molar-refractivity contribution in [2.24, 2.45) is 5.92 Å². The SMILES string of the molecule is COc1ccccc1NC(=O)CCN(CCC(C)C)C(C)=O. The van der Waals surface area contributed by atoms with Gasteiger partial charge in [-0.25, -0.2) is 0 Å². The summed E-state index contributed by atoms with van der Waals surface area (Å²) in [5.74, 6) is 1.04. The molecule has 1 rings (SSSR count). The Morgan fingerprint density at radius 1 is 1.23 bits per heavy atom. The number of carbonyl (C=O) groups excluding carboxylic acids is 2. The van der Waals surface area contributed by atoms with Crippen molar-refractivity contribution in [1.82, 2.24) is 4.90 Å². The molecule has 1 aromatic rings. The number of carbonyl (C=O) groups is 2. The summed E-state index contributed by atoms with van der Waals surface area (Å²) in [5.41, 5.74) is 0.645. The molecular weight excluding hydrogens is 280 g/mol. The van der Waals surface area contributed by atoms with Crippen molar-refractivity contribution in [3.63, 3.8) is 0 Å². The van der Waals surface area contributed by atoms with Gasteiger partial charge in [0.2, 0.25) is 11.8 Å². The van der Waals surface area contributed by atoms with Gasteiger partial charge in [-0.2, -0.15) is 0 Å². The van der Waals surface area contributed by atoms with Gasteiger partial charge in [0.25, 0.3) is 0 Å². The lowest BCUT2D eigenvalue weighted by Crippen LogP contribution is -2.33. The fourth-order valence-electron chi connectivity index (χ4n) is 2.04. The van der Waals surface area contributed by atoms with E-state index in [0.29, 0.717) is 30.4 Å². The van der Waals surface area contributed by atoms with E-state index in [9.17, 15) is 9.59 Å². The minimum absolute atomic E-state index is 0.00532. The predicted octanol–water partition coefficient (Wildman–Crippen LogP) is 2.92. The molecule has 2 amide bonds. The standard InChI is InChI=1S/C17H26N2O3/c1-13(2)9-11-19(14(3)20)12-10-17(21)18-15-7-5-6-8-16(15)22-4/h5-8,13H,9-12H2,1-4H3,(H,18,21). The van der Waals surface area contributed by atoms with Gasteiger partial charge in [0, 0.05) is 26.4 Å². The van der Waals surface area contributed by atoms with Gasteiger partial charge in [0.15, 0.2) is 0 Å². The third-order valence-corrected chi connectivity index (χ3v) is 3.41. The number of ether oxygens (including phenoxy) is 1. The molecule has 1 N–H and O–H groups in total. The highest BCUT2D eigenvalue weighted by Crippen LogP contribution is 2.23.